The van der Waals surface area contributed by atoms with Crippen molar-refractivity contribution in [1.29, 1.82) is 5.26 Å². The molecule has 128 valence electrons. The van der Waals surface area contributed by atoms with Crippen LogP contribution in [0.2, 0.25) is 0 Å². The second kappa shape index (κ2) is 7.93. The number of carbonyl (C=O) groups excluding carboxylic acids is 1. The SMILES string of the molecule is CC(C)COC(=O)/C(C#N)=C/c1ccc(-c2ccc([N+](=O)[O-])cc2)o1. The van der Waals surface area contributed by atoms with Crippen LogP contribution in [-0.4, -0.2) is 17.5 Å². The van der Waals surface area contributed by atoms with Crippen molar-refractivity contribution in [3.8, 4) is 17.4 Å². The van der Waals surface area contributed by atoms with Crippen LogP contribution < -0.4 is 0 Å². The van der Waals surface area contributed by atoms with Crippen LogP contribution in [0.1, 0.15) is 19.6 Å². The van der Waals surface area contributed by atoms with Crippen LogP contribution in [0.3, 0.4) is 0 Å². The van der Waals surface area contributed by atoms with E-state index in [0.717, 1.165) is 0 Å². The fourth-order valence-electron chi connectivity index (χ4n) is 1.93. The highest BCUT2D eigenvalue weighted by Crippen LogP contribution is 2.25. The minimum Gasteiger partial charge on any atom is -0.461 e. The minimum absolute atomic E-state index is 0.0184. The summed E-state index contributed by atoms with van der Waals surface area (Å²) in [6.45, 7) is 4.02. The van der Waals surface area contributed by atoms with Crippen molar-refractivity contribution in [3.05, 3.63) is 57.8 Å². The summed E-state index contributed by atoms with van der Waals surface area (Å²) >= 11 is 0. The molecule has 0 amide bonds. The van der Waals surface area contributed by atoms with Crippen molar-refractivity contribution in [3.63, 3.8) is 0 Å². The first-order chi connectivity index (χ1) is 11.9. The molecule has 0 aliphatic carbocycles. The zero-order chi connectivity index (χ0) is 18.4. The monoisotopic (exact) mass is 340 g/mol. The van der Waals surface area contributed by atoms with E-state index in [1.54, 1.807) is 30.3 Å². The smallest absolute Gasteiger partial charge is 0.349 e. The van der Waals surface area contributed by atoms with Gasteiger partial charge in [0.1, 0.15) is 23.2 Å². The van der Waals surface area contributed by atoms with E-state index in [1.165, 1.54) is 18.2 Å². The van der Waals surface area contributed by atoms with Gasteiger partial charge in [-0.2, -0.15) is 5.26 Å². The maximum atomic E-state index is 11.8. The number of carbonyl (C=O) groups is 1. The van der Waals surface area contributed by atoms with Gasteiger partial charge in [0.15, 0.2) is 0 Å². The minimum atomic E-state index is -0.704. The molecule has 2 aromatic rings. The molecule has 0 saturated heterocycles. The van der Waals surface area contributed by atoms with Crippen LogP contribution in [0.15, 0.2) is 46.4 Å². The van der Waals surface area contributed by atoms with Crippen molar-refractivity contribution in [1.82, 2.24) is 0 Å². The first-order valence-electron chi connectivity index (χ1n) is 7.54. The maximum Gasteiger partial charge on any atom is 0.349 e. The van der Waals surface area contributed by atoms with E-state index in [1.807, 2.05) is 13.8 Å². The van der Waals surface area contributed by atoms with Crippen LogP contribution in [0.5, 0.6) is 0 Å². The number of nitro benzene ring substituents is 1. The topological polar surface area (TPSA) is 106 Å². The average Bonchev–Trinajstić information content (AvgIpc) is 3.06. The second-order valence-corrected chi connectivity index (χ2v) is 5.67. The van der Waals surface area contributed by atoms with E-state index >= 15 is 0 Å². The Hall–Kier alpha value is -3.40. The summed E-state index contributed by atoms with van der Waals surface area (Å²) in [5.74, 6) is 0.242. The van der Waals surface area contributed by atoms with E-state index in [0.29, 0.717) is 17.1 Å². The van der Waals surface area contributed by atoms with E-state index in [4.69, 9.17) is 14.4 Å². The molecule has 0 aliphatic heterocycles. The van der Waals surface area contributed by atoms with Gasteiger partial charge in [-0.25, -0.2) is 4.79 Å². The molecular formula is C18H16N2O5. The highest BCUT2D eigenvalue weighted by molar-refractivity contribution is 5.97. The molecule has 0 N–H and O–H groups in total. The summed E-state index contributed by atoms with van der Waals surface area (Å²) in [7, 11) is 0. The highest BCUT2D eigenvalue weighted by atomic mass is 16.6. The molecule has 0 bridgehead atoms. The Morgan fingerprint density at radius 2 is 2.00 bits per heavy atom. The number of hydrogen-bond donors (Lipinski definition) is 0. The Morgan fingerprint density at radius 1 is 1.32 bits per heavy atom. The Bertz CT molecular complexity index is 841. The fourth-order valence-corrected chi connectivity index (χ4v) is 1.93. The fraction of sp³-hybridized carbons (Fsp3) is 0.222. The Balaban J connectivity index is 2.17. The molecule has 7 heteroatoms. The van der Waals surface area contributed by atoms with Gasteiger partial charge >= 0.3 is 5.97 Å². The van der Waals surface area contributed by atoms with Crippen LogP contribution in [0.4, 0.5) is 5.69 Å². The number of esters is 1. The molecule has 0 fully saturated rings. The van der Waals surface area contributed by atoms with Crippen molar-refractivity contribution in [2.45, 2.75) is 13.8 Å². The van der Waals surface area contributed by atoms with Gasteiger partial charge in [-0.3, -0.25) is 10.1 Å². The number of nitrogens with zero attached hydrogens (tertiary/aromatic N) is 2. The summed E-state index contributed by atoms with van der Waals surface area (Å²) in [5.41, 5.74) is 0.464. The van der Waals surface area contributed by atoms with Gasteiger partial charge in [0.2, 0.25) is 0 Å². The molecule has 0 unspecified atom stereocenters. The van der Waals surface area contributed by atoms with E-state index in [9.17, 15) is 14.9 Å². The predicted molar refractivity (Wildman–Crippen MR) is 90.2 cm³/mol. The largest absolute Gasteiger partial charge is 0.461 e. The molecule has 0 saturated carbocycles. The van der Waals surface area contributed by atoms with E-state index in [2.05, 4.69) is 0 Å². The number of ether oxygens (including phenoxy) is 1. The number of nitriles is 1. The Kier molecular flexibility index (Phi) is 5.69. The molecule has 2 rings (SSSR count). The van der Waals surface area contributed by atoms with Crippen molar-refractivity contribution in [2.75, 3.05) is 6.61 Å². The highest BCUT2D eigenvalue weighted by Gasteiger charge is 2.13. The quantitative estimate of drug-likeness (QED) is 0.259. The van der Waals surface area contributed by atoms with E-state index < -0.39 is 10.9 Å². The molecule has 1 heterocycles. The lowest BCUT2D eigenvalue weighted by molar-refractivity contribution is -0.384. The van der Waals surface area contributed by atoms with Crippen LogP contribution in [0, 0.1) is 27.4 Å². The predicted octanol–water partition coefficient (Wildman–Crippen LogP) is 3.96. The molecule has 0 radical (unpaired) electrons. The van der Waals surface area contributed by atoms with Gasteiger partial charge in [-0.1, -0.05) is 13.8 Å². The lowest BCUT2D eigenvalue weighted by Gasteiger charge is -2.05. The summed E-state index contributed by atoms with van der Waals surface area (Å²) in [4.78, 5) is 22.0. The lowest BCUT2D eigenvalue weighted by atomic mass is 10.1. The summed E-state index contributed by atoms with van der Waals surface area (Å²) in [5, 5.41) is 19.8. The number of hydrogen-bond acceptors (Lipinski definition) is 6. The molecule has 1 aromatic heterocycles. The van der Waals surface area contributed by atoms with Gasteiger partial charge in [0.25, 0.3) is 5.69 Å². The Morgan fingerprint density at radius 3 is 2.56 bits per heavy atom. The molecule has 25 heavy (non-hydrogen) atoms. The molecular weight excluding hydrogens is 324 g/mol. The first kappa shape index (κ1) is 17.9. The van der Waals surface area contributed by atoms with Gasteiger partial charge in [-0.15, -0.1) is 0 Å². The standard InChI is InChI=1S/C18H16N2O5/c1-12(2)11-24-18(21)14(10-19)9-16-7-8-17(25-16)13-3-5-15(6-4-13)20(22)23/h3-9,12H,11H2,1-2H3/b14-9+. The number of furan rings is 1. The molecule has 1 aromatic carbocycles. The third kappa shape index (κ3) is 4.78. The maximum absolute atomic E-state index is 11.8. The van der Waals surface area contributed by atoms with Gasteiger partial charge in [-0.05, 0) is 30.2 Å². The van der Waals surface area contributed by atoms with Crippen LogP contribution >= 0.6 is 0 Å². The normalized spacial score (nSPS) is 11.2. The Labute approximate surface area is 144 Å². The third-order valence-corrected chi connectivity index (χ3v) is 3.16. The first-order valence-corrected chi connectivity index (χ1v) is 7.54. The van der Waals surface area contributed by atoms with Crippen molar-refractivity contribution in [2.24, 2.45) is 5.92 Å². The average molecular weight is 340 g/mol. The lowest BCUT2D eigenvalue weighted by Crippen LogP contribution is -2.11. The number of non-ortho nitro benzene ring substituents is 1. The number of benzene rings is 1. The van der Waals surface area contributed by atoms with E-state index in [-0.39, 0.29) is 23.8 Å². The zero-order valence-electron chi connectivity index (χ0n) is 13.8. The molecule has 0 atom stereocenters. The molecule has 0 spiro atoms. The zero-order valence-corrected chi connectivity index (χ0v) is 13.8. The third-order valence-electron chi connectivity index (χ3n) is 3.16. The number of rotatable bonds is 6. The van der Waals surface area contributed by atoms with Crippen LogP contribution in [-0.2, 0) is 9.53 Å². The van der Waals surface area contributed by atoms with Crippen LogP contribution in [0.25, 0.3) is 17.4 Å². The molecule has 7 nitrogen and oxygen atoms in total. The second-order valence-electron chi connectivity index (χ2n) is 5.67. The summed E-state index contributed by atoms with van der Waals surface area (Å²) in [6.07, 6.45) is 1.30. The van der Waals surface area contributed by atoms with Crippen molar-refractivity contribution < 1.29 is 18.9 Å². The summed E-state index contributed by atoms with van der Waals surface area (Å²) < 4.78 is 10.6. The van der Waals surface area contributed by atoms with Crippen molar-refractivity contribution >= 4 is 17.7 Å². The van der Waals surface area contributed by atoms with Gasteiger partial charge < -0.3 is 9.15 Å². The molecule has 0 aliphatic rings. The number of nitro groups is 1. The van der Waals surface area contributed by atoms with Gasteiger partial charge in [0, 0.05) is 23.8 Å². The van der Waals surface area contributed by atoms with Gasteiger partial charge in [0.05, 0.1) is 11.5 Å². The summed E-state index contributed by atoms with van der Waals surface area (Å²) in [6, 6.07) is 10.9.